The molecule has 0 saturated heterocycles. The predicted octanol–water partition coefficient (Wildman–Crippen LogP) is 3.08. The minimum absolute atomic E-state index is 0.601. The first-order chi connectivity index (χ1) is 4.49. The summed E-state index contributed by atoms with van der Waals surface area (Å²) in [6.07, 6.45) is 4.22. The van der Waals surface area contributed by atoms with Crippen LogP contribution in [-0.4, -0.2) is 5.66 Å². The van der Waals surface area contributed by atoms with Gasteiger partial charge in [0.05, 0.1) is 0 Å². The van der Waals surface area contributed by atoms with Crippen LogP contribution in [-0.2, 0) is 0 Å². The van der Waals surface area contributed by atoms with E-state index in [2.05, 4.69) is 30.0 Å². The second-order valence-corrected chi connectivity index (χ2v) is 5.62. The topological polar surface area (TPSA) is 0 Å². The van der Waals surface area contributed by atoms with Gasteiger partial charge in [0, 0.05) is 0 Å². The van der Waals surface area contributed by atoms with E-state index < -0.39 is 0 Å². The van der Waals surface area contributed by atoms with E-state index in [4.69, 9.17) is 0 Å². The molecule has 0 heterocycles. The first-order valence-electron chi connectivity index (χ1n) is 4.25. The molecule has 0 nitrogen and oxygen atoms in total. The Morgan fingerprint density at radius 3 is 2.30 bits per heavy atom. The number of rotatable bonds is 0. The highest BCUT2D eigenvalue weighted by molar-refractivity contribution is 7.17. The molecule has 1 aliphatic rings. The van der Waals surface area contributed by atoms with E-state index in [1.54, 1.807) is 0 Å². The van der Waals surface area contributed by atoms with Gasteiger partial charge >= 0.3 is 0 Å². The summed E-state index contributed by atoms with van der Waals surface area (Å²) < 4.78 is 0. The van der Waals surface area contributed by atoms with Gasteiger partial charge in [0.2, 0.25) is 0 Å². The molecule has 0 amide bonds. The molecule has 0 aromatic heterocycles. The average molecular weight is 158 g/mol. The van der Waals surface area contributed by atoms with Crippen LogP contribution in [0.5, 0.6) is 0 Å². The molecule has 0 spiro atoms. The molecule has 3 unspecified atom stereocenters. The summed E-state index contributed by atoms with van der Waals surface area (Å²) in [7, 11) is 2.97. The predicted molar refractivity (Wildman–Crippen MR) is 50.3 cm³/mol. The molecule has 0 N–H and O–H groups in total. The van der Waals surface area contributed by atoms with Crippen molar-refractivity contribution < 1.29 is 0 Å². The van der Waals surface area contributed by atoms with Crippen molar-refractivity contribution in [3.63, 3.8) is 0 Å². The van der Waals surface area contributed by atoms with Gasteiger partial charge in [0.1, 0.15) is 0 Å². The third kappa shape index (κ3) is 2.23. The first kappa shape index (κ1) is 8.53. The summed E-state index contributed by atoms with van der Waals surface area (Å²) in [4.78, 5) is 0. The Labute approximate surface area is 67.0 Å². The van der Waals surface area contributed by atoms with Gasteiger partial charge in [-0.1, -0.05) is 20.8 Å². The molecule has 1 rings (SSSR count). The second-order valence-electron chi connectivity index (χ2n) is 4.67. The molecule has 10 heavy (non-hydrogen) atoms. The minimum atomic E-state index is 0.601. The maximum absolute atomic E-state index is 2.97. The standard InChI is InChI=1S/C9H19P/c1-7-4-8(10)6-9(2,3)5-7/h7-8H,4-6,10H2,1-3H3. The van der Waals surface area contributed by atoms with Crippen molar-refractivity contribution in [2.24, 2.45) is 11.3 Å². The van der Waals surface area contributed by atoms with Crippen molar-refractivity contribution in [3.8, 4) is 0 Å². The van der Waals surface area contributed by atoms with Crippen LogP contribution in [0.2, 0.25) is 0 Å². The normalized spacial score (nSPS) is 39.6. The molecule has 0 aromatic carbocycles. The molecule has 1 aliphatic carbocycles. The highest BCUT2D eigenvalue weighted by atomic mass is 31.0. The maximum atomic E-state index is 2.97. The van der Waals surface area contributed by atoms with Gasteiger partial charge in [-0.2, -0.15) is 0 Å². The molecule has 60 valence electrons. The molecule has 1 heteroatoms. The van der Waals surface area contributed by atoms with E-state index in [1.807, 2.05) is 0 Å². The van der Waals surface area contributed by atoms with Gasteiger partial charge in [0.25, 0.3) is 0 Å². The van der Waals surface area contributed by atoms with Crippen molar-refractivity contribution >= 4 is 9.24 Å². The third-order valence-electron chi connectivity index (χ3n) is 2.42. The number of hydrogen-bond donors (Lipinski definition) is 0. The largest absolute Gasteiger partial charge is 0.134 e. The molecule has 0 bridgehead atoms. The van der Waals surface area contributed by atoms with E-state index in [9.17, 15) is 0 Å². The quantitative estimate of drug-likeness (QED) is 0.475. The molecule has 1 fully saturated rings. The lowest BCUT2D eigenvalue weighted by atomic mass is 9.73. The van der Waals surface area contributed by atoms with Crippen molar-refractivity contribution in [3.05, 3.63) is 0 Å². The summed E-state index contributed by atoms with van der Waals surface area (Å²) in [5.41, 5.74) is 1.48. The van der Waals surface area contributed by atoms with Crippen LogP contribution in [0.1, 0.15) is 40.0 Å². The molecular formula is C9H19P. The Morgan fingerprint density at radius 1 is 1.30 bits per heavy atom. The van der Waals surface area contributed by atoms with Gasteiger partial charge in [0.15, 0.2) is 0 Å². The Hall–Kier alpha value is 0.430. The second kappa shape index (κ2) is 2.81. The Kier molecular flexibility index (Phi) is 2.40. The van der Waals surface area contributed by atoms with E-state index in [0.29, 0.717) is 5.41 Å². The molecule has 0 radical (unpaired) electrons. The van der Waals surface area contributed by atoms with E-state index in [1.165, 1.54) is 19.3 Å². The average Bonchev–Trinajstić information content (AvgIpc) is 1.54. The van der Waals surface area contributed by atoms with Gasteiger partial charge in [-0.25, -0.2) is 0 Å². The summed E-state index contributed by atoms with van der Waals surface area (Å²) >= 11 is 0. The highest BCUT2D eigenvalue weighted by Gasteiger charge is 2.29. The first-order valence-corrected chi connectivity index (χ1v) is 4.92. The molecular weight excluding hydrogens is 139 g/mol. The smallest absolute Gasteiger partial charge is 0.0257 e. The fourth-order valence-corrected chi connectivity index (χ4v) is 3.52. The Morgan fingerprint density at radius 2 is 1.90 bits per heavy atom. The lowest BCUT2D eigenvalue weighted by molar-refractivity contribution is 0.197. The van der Waals surface area contributed by atoms with Crippen LogP contribution in [0.4, 0.5) is 0 Å². The SMILES string of the molecule is CC1CC(P)CC(C)(C)C1. The zero-order valence-electron chi connectivity index (χ0n) is 7.35. The molecule has 0 aromatic rings. The summed E-state index contributed by atoms with van der Waals surface area (Å²) in [5.74, 6) is 0.936. The molecule has 0 aliphatic heterocycles. The van der Waals surface area contributed by atoms with Crippen LogP contribution >= 0.6 is 9.24 Å². The van der Waals surface area contributed by atoms with Crippen LogP contribution in [0.15, 0.2) is 0 Å². The van der Waals surface area contributed by atoms with E-state index in [-0.39, 0.29) is 0 Å². The zero-order chi connectivity index (χ0) is 7.78. The summed E-state index contributed by atoms with van der Waals surface area (Å²) in [6, 6.07) is 0. The fraction of sp³-hybridized carbons (Fsp3) is 1.00. The van der Waals surface area contributed by atoms with Gasteiger partial charge in [-0.3, -0.25) is 0 Å². The van der Waals surface area contributed by atoms with Crippen LogP contribution < -0.4 is 0 Å². The van der Waals surface area contributed by atoms with Crippen LogP contribution in [0.3, 0.4) is 0 Å². The monoisotopic (exact) mass is 158 g/mol. The van der Waals surface area contributed by atoms with Crippen LogP contribution in [0, 0.1) is 11.3 Å². The van der Waals surface area contributed by atoms with Crippen molar-refractivity contribution in [1.29, 1.82) is 0 Å². The lowest BCUT2D eigenvalue weighted by Crippen LogP contribution is -2.27. The van der Waals surface area contributed by atoms with Crippen LogP contribution in [0.25, 0.3) is 0 Å². The van der Waals surface area contributed by atoms with E-state index in [0.717, 1.165) is 11.6 Å². The van der Waals surface area contributed by atoms with Gasteiger partial charge in [-0.15, -0.1) is 9.24 Å². The van der Waals surface area contributed by atoms with Crippen molar-refractivity contribution in [2.75, 3.05) is 0 Å². The Bertz CT molecular complexity index is 106. The molecule has 3 atom stereocenters. The van der Waals surface area contributed by atoms with Gasteiger partial charge in [-0.05, 0) is 36.3 Å². The van der Waals surface area contributed by atoms with Gasteiger partial charge < -0.3 is 0 Å². The lowest BCUT2D eigenvalue weighted by Gasteiger charge is -2.37. The molecule has 1 saturated carbocycles. The summed E-state index contributed by atoms with van der Waals surface area (Å²) in [5, 5.41) is 0. The van der Waals surface area contributed by atoms with Crippen molar-refractivity contribution in [1.82, 2.24) is 0 Å². The highest BCUT2D eigenvalue weighted by Crippen LogP contribution is 2.41. The van der Waals surface area contributed by atoms with E-state index >= 15 is 0 Å². The summed E-state index contributed by atoms with van der Waals surface area (Å²) in [6.45, 7) is 7.15. The van der Waals surface area contributed by atoms with Crippen molar-refractivity contribution in [2.45, 2.75) is 45.7 Å². The number of hydrogen-bond acceptors (Lipinski definition) is 0. The maximum Gasteiger partial charge on any atom is -0.0257 e. The third-order valence-corrected chi connectivity index (χ3v) is 2.93. The fourth-order valence-electron chi connectivity index (χ4n) is 2.42. The Balaban J connectivity index is 2.51. The minimum Gasteiger partial charge on any atom is -0.134 e. The zero-order valence-corrected chi connectivity index (χ0v) is 8.51.